The summed E-state index contributed by atoms with van der Waals surface area (Å²) in [5.74, 6) is 1.36. The maximum absolute atomic E-state index is 12.1. The van der Waals surface area contributed by atoms with Crippen molar-refractivity contribution in [3.8, 4) is 11.5 Å². The number of amides is 1. The number of carbonyl (C=O) groups excluding carboxylic acids is 1. The second-order valence-corrected chi connectivity index (χ2v) is 4.55. The average Bonchev–Trinajstić information content (AvgIpc) is 2.43. The molecule has 19 heavy (non-hydrogen) atoms. The summed E-state index contributed by atoms with van der Waals surface area (Å²) in [6.45, 7) is 4.64. The Balaban J connectivity index is 2.57. The van der Waals surface area contributed by atoms with Crippen LogP contribution in [0.25, 0.3) is 0 Å². The number of methoxy groups -OCH3 is 1. The fourth-order valence-electron chi connectivity index (χ4n) is 1.74. The van der Waals surface area contributed by atoms with E-state index in [9.17, 15) is 4.79 Å². The first-order valence-electron chi connectivity index (χ1n) is 6.64. The third kappa shape index (κ3) is 4.81. The molecule has 1 rings (SSSR count). The van der Waals surface area contributed by atoms with E-state index in [1.165, 1.54) is 0 Å². The van der Waals surface area contributed by atoms with Crippen molar-refractivity contribution in [1.82, 2.24) is 4.90 Å². The molecule has 0 radical (unpaired) electrons. The van der Waals surface area contributed by atoms with E-state index in [4.69, 9.17) is 9.47 Å². The number of carbonyl (C=O) groups is 1. The fourth-order valence-corrected chi connectivity index (χ4v) is 1.74. The molecule has 0 heterocycles. The predicted molar refractivity (Wildman–Crippen MR) is 75.6 cm³/mol. The number of hydrogen-bond acceptors (Lipinski definition) is 3. The maximum atomic E-state index is 12.1. The molecule has 0 N–H and O–H groups in total. The van der Waals surface area contributed by atoms with E-state index in [2.05, 4.69) is 6.92 Å². The van der Waals surface area contributed by atoms with E-state index in [1.807, 2.05) is 25.2 Å². The van der Waals surface area contributed by atoms with Crippen molar-refractivity contribution in [3.05, 3.63) is 24.3 Å². The van der Waals surface area contributed by atoms with Gasteiger partial charge in [0.25, 0.3) is 5.91 Å². The Labute approximate surface area is 115 Å². The Kier molecular flexibility index (Phi) is 6.19. The van der Waals surface area contributed by atoms with Gasteiger partial charge >= 0.3 is 0 Å². The molecule has 0 saturated heterocycles. The third-order valence-corrected chi connectivity index (χ3v) is 2.93. The predicted octanol–water partition coefficient (Wildman–Crippen LogP) is 2.72. The summed E-state index contributed by atoms with van der Waals surface area (Å²) in [6.07, 6.45) is 1.59. The van der Waals surface area contributed by atoms with Gasteiger partial charge in [0.2, 0.25) is 0 Å². The zero-order chi connectivity index (χ0) is 14.3. The van der Waals surface area contributed by atoms with Gasteiger partial charge in [-0.1, -0.05) is 19.4 Å². The Morgan fingerprint density at radius 2 is 2.05 bits per heavy atom. The molecule has 0 aliphatic carbocycles. The number of benzene rings is 1. The van der Waals surface area contributed by atoms with Gasteiger partial charge in [-0.25, -0.2) is 0 Å². The van der Waals surface area contributed by atoms with E-state index in [0.29, 0.717) is 5.75 Å². The van der Waals surface area contributed by atoms with E-state index in [0.717, 1.165) is 25.1 Å². The van der Waals surface area contributed by atoms with E-state index in [-0.39, 0.29) is 5.91 Å². The first kappa shape index (κ1) is 15.3. The van der Waals surface area contributed by atoms with Crippen LogP contribution in [0.5, 0.6) is 11.5 Å². The van der Waals surface area contributed by atoms with Crippen LogP contribution in [0.15, 0.2) is 24.3 Å². The Bertz CT molecular complexity index is 406. The summed E-state index contributed by atoms with van der Waals surface area (Å²) < 4.78 is 10.8. The summed E-state index contributed by atoms with van der Waals surface area (Å²) in [4.78, 5) is 13.8. The summed E-state index contributed by atoms with van der Waals surface area (Å²) in [5.41, 5.74) is 0. The highest BCUT2D eigenvalue weighted by Gasteiger charge is 2.18. The smallest absolute Gasteiger partial charge is 0.263 e. The normalized spacial score (nSPS) is 11.8. The molecule has 0 spiro atoms. The van der Waals surface area contributed by atoms with Crippen molar-refractivity contribution in [1.29, 1.82) is 0 Å². The summed E-state index contributed by atoms with van der Waals surface area (Å²) >= 11 is 0. The SMILES string of the molecule is CCCCN(C)C(=O)C(C)Oc1cccc(OC)c1. The Morgan fingerprint density at radius 1 is 1.37 bits per heavy atom. The quantitative estimate of drug-likeness (QED) is 0.761. The van der Waals surface area contributed by atoms with Gasteiger partial charge in [0, 0.05) is 19.7 Å². The van der Waals surface area contributed by atoms with Gasteiger partial charge in [-0.3, -0.25) is 4.79 Å². The van der Waals surface area contributed by atoms with Gasteiger partial charge < -0.3 is 14.4 Å². The van der Waals surface area contributed by atoms with Crippen LogP contribution in [0, 0.1) is 0 Å². The molecular formula is C15H23NO3. The van der Waals surface area contributed by atoms with Crippen molar-refractivity contribution in [2.24, 2.45) is 0 Å². The maximum Gasteiger partial charge on any atom is 0.263 e. The zero-order valence-electron chi connectivity index (χ0n) is 12.2. The average molecular weight is 265 g/mol. The number of unbranched alkanes of at least 4 members (excludes halogenated alkanes) is 1. The van der Waals surface area contributed by atoms with Crippen molar-refractivity contribution in [3.63, 3.8) is 0 Å². The molecule has 1 unspecified atom stereocenters. The van der Waals surface area contributed by atoms with Crippen molar-refractivity contribution in [2.45, 2.75) is 32.8 Å². The van der Waals surface area contributed by atoms with Crippen molar-refractivity contribution in [2.75, 3.05) is 20.7 Å². The molecule has 106 valence electrons. The second-order valence-electron chi connectivity index (χ2n) is 4.55. The number of rotatable bonds is 7. The summed E-state index contributed by atoms with van der Waals surface area (Å²) in [5, 5.41) is 0. The summed E-state index contributed by atoms with van der Waals surface area (Å²) in [6, 6.07) is 7.27. The lowest BCUT2D eigenvalue weighted by Gasteiger charge is -2.22. The van der Waals surface area contributed by atoms with Crippen LogP contribution in [-0.4, -0.2) is 37.6 Å². The topological polar surface area (TPSA) is 38.8 Å². The van der Waals surface area contributed by atoms with E-state index >= 15 is 0 Å². The first-order valence-corrected chi connectivity index (χ1v) is 6.64. The molecule has 0 aromatic heterocycles. The largest absolute Gasteiger partial charge is 0.497 e. The number of ether oxygens (including phenoxy) is 2. The third-order valence-electron chi connectivity index (χ3n) is 2.93. The van der Waals surface area contributed by atoms with Crippen LogP contribution in [0.3, 0.4) is 0 Å². The van der Waals surface area contributed by atoms with E-state index in [1.54, 1.807) is 25.0 Å². The van der Waals surface area contributed by atoms with Crippen molar-refractivity contribution >= 4 is 5.91 Å². The highest BCUT2D eigenvalue weighted by molar-refractivity contribution is 5.80. The highest BCUT2D eigenvalue weighted by atomic mass is 16.5. The monoisotopic (exact) mass is 265 g/mol. The lowest BCUT2D eigenvalue weighted by atomic mass is 10.3. The Hall–Kier alpha value is -1.71. The molecule has 4 nitrogen and oxygen atoms in total. The number of likely N-dealkylation sites (N-methyl/N-ethyl adjacent to an activating group) is 1. The van der Waals surface area contributed by atoms with Gasteiger partial charge in [-0.15, -0.1) is 0 Å². The molecule has 1 amide bonds. The molecule has 4 heteroatoms. The molecule has 1 atom stereocenters. The van der Waals surface area contributed by atoms with Crippen LogP contribution in [0.1, 0.15) is 26.7 Å². The molecule has 0 bridgehead atoms. The van der Waals surface area contributed by atoms with Crippen LogP contribution in [-0.2, 0) is 4.79 Å². The molecule has 1 aromatic carbocycles. The highest BCUT2D eigenvalue weighted by Crippen LogP contribution is 2.20. The van der Waals surface area contributed by atoms with Crippen LogP contribution < -0.4 is 9.47 Å². The van der Waals surface area contributed by atoms with Crippen molar-refractivity contribution < 1.29 is 14.3 Å². The van der Waals surface area contributed by atoms with Crippen LogP contribution >= 0.6 is 0 Å². The Morgan fingerprint density at radius 3 is 2.68 bits per heavy atom. The van der Waals surface area contributed by atoms with E-state index < -0.39 is 6.10 Å². The minimum Gasteiger partial charge on any atom is -0.497 e. The van der Waals surface area contributed by atoms with Gasteiger partial charge in [-0.2, -0.15) is 0 Å². The molecule has 0 aliphatic heterocycles. The minimum atomic E-state index is -0.492. The lowest BCUT2D eigenvalue weighted by molar-refractivity contribution is -0.136. The van der Waals surface area contributed by atoms with Gasteiger partial charge in [0.05, 0.1) is 7.11 Å². The molecular weight excluding hydrogens is 242 g/mol. The standard InChI is InChI=1S/C15H23NO3/c1-5-6-10-16(3)15(17)12(2)19-14-9-7-8-13(11-14)18-4/h7-9,11-12H,5-6,10H2,1-4H3. The summed E-state index contributed by atoms with van der Waals surface area (Å²) in [7, 11) is 3.41. The number of nitrogens with zero attached hydrogens (tertiary/aromatic N) is 1. The van der Waals surface area contributed by atoms with Gasteiger partial charge in [0.15, 0.2) is 6.10 Å². The van der Waals surface area contributed by atoms with Crippen LogP contribution in [0.4, 0.5) is 0 Å². The second kappa shape index (κ2) is 7.67. The first-order chi connectivity index (χ1) is 9.08. The van der Waals surface area contributed by atoms with Gasteiger partial charge in [-0.05, 0) is 25.5 Å². The zero-order valence-corrected chi connectivity index (χ0v) is 12.2. The fraction of sp³-hybridized carbons (Fsp3) is 0.533. The molecule has 0 saturated carbocycles. The lowest BCUT2D eigenvalue weighted by Crippen LogP contribution is -2.38. The van der Waals surface area contributed by atoms with Crippen LogP contribution in [0.2, 0.25) is 0 Å². The molecule has 1 aromatic rings. The van der Waals surface area contributed by atoms with Gasteiger partial charge in [0.1, 0.15) is 11.5 Å². The molecule has 0 aliphatic rings. The molecule has 0 fully saturated rings. The number of hydrogen-bond donors (Lipinski definition) is 0. The minimum absolute atomic E-state index is 0.00345.